The molecule has 2 aromatic heterocycles. The average molecular weight is 1190 g/mol. The topological polar surface area (TPSA) is 530 Å². The van der Waals surface area contributed by atoms with Crippen molar-refractivity contribution in [3.05, 3.63) is 54.2 Å². The highest BCUT2D eigenvalue weighted by Crippen LogP contribution is 2.20. The molecule has 0 bridgehead atoms. The molecule has 1 saturated heterocycles. The third-order valence-electron chi connectivity index (χ3n) is 13.1. The summed E-state index contributed by atoms with van der Waals surface area (Å²) in [5.74, 6) is -14.3. The number of carboxylic acids is 1. The maximum atomic E-state index is 14.4. The van der Waals surface area contributed by atoms with Gasteiger partial charge in [-0.3, -0.25) is 67.3 Å². The van der Waals surface area contributed by atoms with E-state index in [9.17, 15) is 72.5 Å². The maximum absolute atomic E-state index is 14.4. The number of para-hydroxylation sites is 1. The van der Waals surface area contributed by atoms with E-state index in [1.165, 1.54) is 33.3 Å². The summed E-state index contributed by atoms with van der Waals surface area (Å²) in [5, 5.41) is 47.2. The number of aliphatic imine (C=N–C) groups is 1. The van der Waals surface area contributed by atoms with E-state index in [-0.39, 0.29) is 56.2 Å². The van der Waals surface area contributed by atoms with Crippen LogP contribution in [0.15, 0.2) is 48.0 Å². The first-order chi connectivity index (χ1) is 40.1. The van der Waals surface area contributed by atoms with Crippen LogP contribution in [0.4, 0.5) is 0 Å². The Labute approximate surface area is 486 Å². The van der Waals surface area contributed by atoms with Crippen LogP contribution >= 0.6 is 0 Å². The minimum atomic E-state index is -1.87. The fourth-order valence-electron chi connectivity index (χ4n) is 8.55. The first-order valence-electron chi connectivity index (χ1n) is 27.1. The van der Waals surface area contributed by atoms with Crippen molar-refractivity contribution >= 4 is 93.7 Å². The molecule has 33 heteroatoms. The summed E-state index contributed by atoms with van der Waals surface area (Å²) in [6.45, 7) is 5.22. The highest BCUT2D eigenvalue weighted by atomic mass is 16.4. The molecule has 3 aromatic rings. The lowest BCUT2D eigenvalue weighted by Gasteiger charge is -2.27. The number of aliphatic hydroxyl groups is 1. The molecule has 0 saturated carbocycles. The SMILES string of the molecule is CC(C)C[C@@H]1NC(=O)CNC(=O)[C@H](CCCN=C(N)N)NC(=O)[C@H](Cc2c[nH]c3ccccc23)NC(=O)[C@H](CO)NC(=O)[C@H](C)NC(=O)[C@H](C)NC(=O)[C@H](C)NC(=O)[C@H](Cc2cnc[nH]2)NC(=O)[C@H](CC(N)=O)NC(=O)[C@H](CCC(=O)O)NC1=O. The van der Waals surface area contributed by atoms with Crippen molar-refractivity contribution < 1.29 is 72.5 Å². The molecule has 1 fully saturated rings. The smallest absolute Gasteiger partial charge is 0.303 e. The minimum Gasteiger partial charge on any atom is -0.481 e. The number of H-pyrrole nitrogens is 2. The quantitative estimate of drug-likeness (QED) is 0.0360. The van der Waals surface area contributed by atoms with E-state index >= 15 is 0 Å². The molecule has 1 aromatic carbocycles. The number of benzene rings is 1. The van der Waals surface area contributed by atoms with E-state index in [4.69, 9.17) is 17.2 Å². The molecule has 85 heavy (non-hydrogen) atoms. The number of aromatic nitrogens is 3. The van der Waals surface area contributed by atoms with Gasteiger partial charge in [0, 0.05) is 54.8 Å². The summed E-state index contributed by atoms with van der Waals surface area (Å²) in [4.78, 5) is 190. The van der Waals surface area contributed by atoms with E-state index in [0.717, 1.165) is 0 Å². The number of hydrogen-bond donors (Lipinski definition) is 18. The van der Waals surface area contributed by atoms with Crippen LogP contribution in [0.25, 0.3) is 10.9 Å². The Morgan fingerprint density at radius 1 is 0.612 bits per heavy atom. The molecule has 0 aliphatic carbocycles. The van der Waals surface area contributed by atoms with Crippen molar-refractivity contribution in [1.82, 2.24) is 73.4 Å². The summed E-state index contributed by atoms with van der Waals surface area (Å²) in [5.41, 5.74) is 17.9. The lowest BCUT2D eigenvalue weighted by Crippen LogP contribution is -2.60. The first kappa shape index (κ1) is 67.8. The summed E-state index contributed by atoms with van der Waals surface area (Å²) in [6, 6.07) is -8.69. The largest absolute Gasteiger partial charge is 0.481 e. The van der Waals surface area contributed by atoms with Gasteiger partial charge < -0.3 is 95.9 Å². The van der Waals surface area contributed by atoms with Crippen molar-refractivity contribution in [2.75, 3.05) is 19.7 Å². The number of nitrogens with two attached hydrogens (primary N) is 3. The van der Waals surface area contributed by atoms with E-state index in [1.807, 2.05) is 0 Å². The Morgan fingerprint density at radius 3 is 1.69 bits per heavy atom. The van der Waals surface area contributed by atoms with E-state index in [0.29, 0.717) is 16.5 Å². The number of imidazole rings is 1. The van der Waals surface area contributed by atoms with Gasteiger partial charge in [-0.2, -0.15) is 0 Å². The lowest BCUT2D eigenvalue weighted by molar-refractivity contribution is -0.139. The van der Waals surface area contributed by atoms with E-state index < -0.39 is 170 Å². The number of hydrogen-bond acceptors (Lipinski definition) is 16. The number of amides is 12. The van der Waals surface area contributed by atoms with Crippen molar-refractivity contribution in [1.29, 1.82) is 0 Å². The second-order valence-corrected chi connectivity index (χ2v) is 20.6. The second-order valence-electron chi connectivity index (χ2n) is 20.6. The molecule has 0 unspecified atom stereocenters. The van der Waals surface area contributed by atoms with Gasteiger partial charge in [-0.25, -0.2) is 4.98 Å². The van der Waals surface area contributed by atoms with Crippen molar-refractivity contribution in [3.63, 3.8) is 0 Å². The Kier molecular flexibility index (Phi) is 26.2. The van der Waals surface area contributed by atoms with Crippen LogP contribution in [0.2, 0.25) is 0 Å². The molecule has 10 atom stereocenters. The molecule has 3 heterocycles. The Balaban J connectivity index is 1.75. The zero-order valence-corrected chi connectivity index (χ0v) is 47.5. The summed E-state index contributed by atoms with van der Waals surface area (Å²) >= 11 is 0. The van der Waals surface area contributed by atoms with Crippen molar-refractivity contribution in [2.24, 2.45) is 28.1 Å². The Bertz CT molecular complexity index is 2930. The molecule has 464 valence electrons. The van der Waals surface area contributed by atoms with Crippen LogP contribution in [-0.2, 0) is 75.2 Å². The molecule has 21 N–H and O–H groups in total. The molecule has 0 spiro atoms. The van der Waals surface area contributed by atoms with Crippen LogP contribution in [0.1, 0.15) is 84.4 Å². The third kappa shape index (κ3) is 22.2. The third-order valence-corrected chi connectivity index (χ3v) is 13.1. The van der Waals surface area contributed by atoms with Crippen molar-refractivity contribution in [3.8, 4) is 0 Å². The van der Waals surface area contributed by atoms with Crippen LogP contribution in [0, 0.1) is 5.92 Å². The van der Waals surface area contributed by atoms with Crippen LogP contribution in [0.3, 0.4) is 0 Å². The number of aliphatic hydroxyl groups excluding tert-OH is 1. The molecule has 0 radical (unpaired) electrons. The number of carboxylic acid groups (broad SMARTS) is 1. The zero-order chi connectivity index (χ0) is 63.1. The number of primary amides is 1. The molecule has 1 aliphatic rings. The normalized spacial score (nSPS) is 24.6. The van der Waals surface area contributed by atoms with Crippen LogP contribution < -0.4 is 75.7 Å². The Hall–Kier alpha value is -9.69. The van der Waals surface area contributed by atoms with Gasteiger partial charge in [-0.05, 0) is 64.0 Å². The van der Waals surface area contributed by atoms with Gasteiger partial charge in [-0.15, -0.1) is 0 Å². The standard InChI is InChI=1S/C52H76N18O15/c1-24(2)15-34-48(82)66-33(12-13-41(74)75)46(80)69-37(18-39(53)72)50(84)68-36(17-29-20-56-23-60-29)47(81)63-26(4)43(77)61-25(3)42(76)62-27(5)44(78)70-38(22-71)51(85)67-35(16-28-19-58-31-10-7-6-9-30(28)31)49(83)65-32(11-8-14-57-52(54)55)45(79)59-21-40(73)64-34/h6-7,9-10,19-20,23-27,32-38,58,71H,8,11-18,21-22H2,1-5H3,(H2,53,72)(H,56,60)(H,59,79)(H,61,77)(H,62,76)(H,63,81)(H,64,73)(H,65,83)(H,66,82)(H,67,85)(H,68,84)(H,69,80)(H,70,78)(H,74,75)(H4,54,55,57)/t25-,26-,27-,32-,33-,34-,35-,36-,37-,38-/m0/s1. The molecule has 4 rings (SSSR count). The number of aromatic amines is 2. The number of nitrogens with one attached hydrogen (secondary N) is 13. The number of rotatable bonds is 16. The van der Waals surface area contributed by atoms with Crippen LogP contribution in [0.5, 0.6) is 0 Å². The van der Waals surface area contributed by atoms with Crippen molar-refractivity contribution in [2.45, 2.75) is 146 Å². The van der Waals surface area contributed by atoms with Gasteiger partial charge in [0.25, 0.3) is 0 Å². The monoisotopic (exact) mass is 1190 g/mol. The van der Waals surface area contributed by atoms with Gasteiger partial charge in [-0.1, -0.05) is 32.0 Å². The number of aliphatic carboxylic acids is 1. The fourth-order valence-corrected chi connectivity index (χ4v) is 8.55. The first-order valence-corrected chi connectivity index (χ1v) is 27.1. The predicted octanol–water partition coefficient (Wildman–Crippen LogP) is -6.45. The summed E-state index contributed by atoms with van der Waals surface area (Å²) in [6.07, 6.45) is 1.21. The fraction of sp³-hybridized carbons (Fsp3) is 0.519. The highest BCUT2D eigenvalue weighted by Gasteiger charge is 2.36. The number of guanidine groups is 1. The van der Waals surface area contributed by atoms with Gasteiger partial charge >= 0.3 is 5.97 Å². The number of carbonyl (C=O) groups is 13. The summed E-state index contributed by atoms with van der Waals surface area (Å²) in [7, 11) is 0. The molecule has 33 nitrogen and oxygen atoms in total. The van der Waals surface area contributed by atoms with E-state index in [1.54, 1.807) is 44.3 Å². The number of carbonyl (C=O) groups excluding carboxylic acids is 12. The average Bonchev–Trinajstić information content (AvgIpc) is 4.19. The van der Waals surface area contributed by atoms with E-state index in [2.05, 4.69) is 78.4 Å². The van der Waals surface area contributed by atoms with Gasteiger partial charge in [0.15, 0.2) is 5.96 Å². The predicted molar refractivity (Wildman–Crippen MR) is 301 cm³/mol. The second kappa shape index (κ2) is 32.8. The molecule has 12 amide bonds. The zero-order valence-electron chi connectivity index (χ0n) is 47.5. The minimum absolute atomic E-state index is 0.0242. The van der Waals surface area contributed by atoms with Gasteiger partial charge in [0.2, 0.25) is 70.9 Å². The van der Waals surface area contributed by atoms with Gasteiger partial charge in [0.05, 0.1) is 25.9 Å². The summed E-state index contributed by atoms with van der Waals surface area (Å²) < 4.78 is 0. The number of fused-ring (bicyclic) bond motifs is 1. The molecular weight excluding hydrogens is 1120 g/mol. The number of nitrogens with zero attached hydrogens (tertiary/aromatic N) is 2. The molecular formula is C52H76N18O15. The Morgan fingerprint density at radius 2 is 1.12 bits per heavy atom. The lowest BCUT2D eigenvalue weighted by atomic mass is 10.0. The van der Waals surface area contributed by atoms with Gasteiger partial charge in [0.1, 0.15) is 60.4 Å². The molecule has 1 aliphatic heterocycles. The van der Waals surface area contributed by atoms with Crippen LogP contribution in [-0.4, -0.2) is 188 Å². The highest BCUT2D eigenvalue weighted by molar-refractivity contribution is 6.00. The maximum Gasteiger partial charge on any atom is 0.303 e.